The van der Waals surface area contributed by atoms with E-state index in [1.165, 1.54) is 6.20 Å². The zero-order valence-corrected chi connectivity index (χ0v) is 6.45. The molecular weight excluding hydrogens is 171 g/mol. The summed E-state index contributed by atoms with van der Waals surface area (Å²) in [6, 6.07) is 1.12. The Bertz CT molecular complexity index is 286. The molecule has 0 aromatic carbocycles. The topological polar surface area (TPSA) is 58.9 Å². The maximum absolute atomic E-state index is 12.4. The minimum Gasteiger partial charge on any atom is -0.326 e. The van der Waals surface area contributed by atoms with Gasteiger partial charge in [-0.2, -0.15) is 0 Å². The average Bonchev–Trinajstić information content (AvgIpc) is 1.95. The zero-order chi connectivity index (χ0) is 7.56. The quantitative estimate of drug-likeness (QED) is 0.654. The van der Waals surface area contributed by atoms with Gasteiger partial charge >= 0.3 is 0 Å². The summed E-state index contributed by atoms with van der Waals surface area (Å²) in [6.07, 6.45) is 1.39. The summed E-state index contributed by atoms with van der Waals surface area (Å²) in [6.45, 7) is 0.230. The van der Waals surface area contributed by atoms with E-state index in [0.717, 1.165) is 6.07 Å². The maximum Gasteiger partial charge on any atom is 0.283 e. The van der Waals surface area contributed by atoms with Crippen LogP contribution in [0.25, 0.3) is 0 Å². The fourth-order valence-electron chi connectivity index (χ4n) is 0.615. The number of nitrogens with two attached hydrogens (primary N) is 1. The molecule has 0 aliphatic carbocycles. The van der Waals surface area contributed by atoms with Crippen molar-refractivity contribution in [3.8, 4) is 0 Å². The van der Waals surface area contributed by atoms with Gasteiger partial charge in [0.05, 0.1) is 0 Å². The van der Waals surface area contributed by atoms with Crippen LogP contribution >= 0.6 is 12.4 Å². The molecule has 1 heterocycles. The van der Waals surface area contributed by atoms with Crippen LogP contribution in [0, 0.1) is 5.82 Å². The fourth-order valence-corrected chi connectivity index (χ4v) is 0.615. The summed E-state index contributed by atoms with van der Waals surface area (Å²) in [4.78, 5) is 12.6. The molecule has 11 heavy (non-hydrogen) atoms. The van der Waals surface area contributed by atoms with E-state index >= 15 is 0 Å². The molecular formula is C6H8ClFN2O. The summed E-state index contributed by atoms with van der Waals surface area (Å²) in [5.41, 5.74) is 5.05. The van der Waals surface area contributed by atoms with Gasteiger partial charge in [-0.05, 0) is 11.6 Å². The van der Waals surface area contributed by atoms with Crippen molar-refractivity contribution < 1.29 is 4.39 Å². The Labute approximate surface area is 68.8 Å². The van der Waals surface area contributed by atoms with Crippen LogP contribution in [0.15, 0.2) is 17.1 Å². The van der Waals surface area contributed by atoms with Gasteiger partial charge in [-0.25, -0.2) is 4.39 Å². The Balaban J connectivity index is 0.000001000. The van der Waals surface area contributed by atoms with E-state index in [1.54, 1.807) is 0 Å². The highest BCUT2D eigenvalue weighted by Gasteiger charge is 1.96. The van der Waals surface area contributed by atoms with Crippen molar-refractivity contribution in [2.75, 3.05) is 0 Å². The molecule has 1 rings (SSSR count). The summed E-state index contributed by atoms with van der Waals surface area (Å²) >= 11 is 0. The van der Waals surface area contributed by atoms with Crippen molar-refractivity contribution in [2.24, 2.45) is 5.73 Å². The third kappa shape index (κ3) is 2.32. The molecule has 0 spiro atoms. The maximum atomic E-state index is 12.4. The van der Waals surface area contributed by atoms with E-state index in [4.69, 9.17) is 5.73 Å². The standard InChI is InChI=1S/C6H7FN2O.ClH/c7-5-1-4(2-8)3-9-6(5)10;/h1,3H,2,8H2,(H,9,10);1H. The lowest BCUT2D eigenvalue weighted by molar-refractivity contribution is 0.605. The molecule has 0 saturated carbocycles. The highest BCUT2D eigenvalue weighted by molar-refractivity contribution is 5.85. The molecule has 0 bridgehead atoms. The van der Waals surface area contributed by atoms with Crippen LogP contribution < -0.4 is 11.3 Å². The molecule has 0 aliphatic heterocycles. The number of pyridine rings is 1. The molecule has 1 aromatic rings. The van der Waals surface area contributed by atoms with E-state index in [-0.39, 0.29) is 19.0 Å². The molecule has 5 heteroatoms. The molecule has 0 saturated heterocycles. The number of hydrogen-bond donors (Lipinski definition) is 2. The second-order valence-electron chi connectivity index (χ2n) is 1.89. The molecule has 0 unspecified atom stereocenters. The molecule has 0 aliphatic rings. The number of aromatic amines is 1. The van der Waals surface area contributed by atoms with Crippen molar-refractivity contribution in [1.29, 1.82) is 0 Å². The van der Waals surface area contributed by atoms with Crippen molar-refractivity contribution >= 4 is 12.4 Å². The van der Waals surface area contributed by atoms with Crippen LogP contribution in [0.5, 0.6) is 0 Å². The molecule has 0 fully saturated rings. The lowest BCUT2D eigenvalue weighted by Gasteiger charge is -1.93. The first kappa shape index (κ1) is 10.1. The normalized spacial score (nSPS) is 8.91. The SMILES string of the molecule is Cl.NCc1c[nH]c(=O)c(F)c1. The Morgan fingerprint density at radius 2 is 2.27 bits per heavy atom. The number of halogens is 2. The van der Waals surface area contributed by atoms with Crippen LogP contribution in [0.1, 0.15) is 5.56 Å². The van der Waals surface area contributed by atoms with Crippen molar-refractivity contribution in [3.63, 3.8) is 0 Å². The van der Waals surface area contributed by atoms with Crippen molar-refractivity contribution in [3.05, 3.63) is 34.0 Å². The van der Waals surface area contributed by atoms with Crippen molar-refractivity contribution in [1.82, 2.24) is 4.98 Å². The monoisotopic (exact) mass is 178 g/mol. The summed E-state index contributed by atoms with van der Waals surface area (Å²) < 4.78 is 12.4. The Kier molecular flexibility index (Phi) is 3.78. The smallest absolute Gasteiger partial charge is 0.283 e. The zero-order valence-electron chi connectivity index (χ0n) is 5.63. The predicted molar refractivity (Wildman–Crippen MR) is 42.2 cm³/mol. The Morgan fingerprint density at radius 3 is 2.73 bits per heavy atom. The summed E-state index contributed by atoms with van der Waals surface area (Å²) in [7, 11) is 0. The van der Waals surface area contributed by atoms with Crippen LogP contribution in [-0.2, 0) is 6.54 Å². The lowest BCUT2D eigenvalue weighted by Crippen LogP contribution is -2.11. The Hall–Kier alpha value is -0.870. The molecule has 1 aromatic heterocycles. The third-order valence-electron chi connectivity index (χ3n) is 1.15. The largest absolute Gasteiger partial charge is 0.326 e. The Morgan fingerprint density at radius 1 is 1.64 bits per heavy atom. The number of H-pyrrole nitrogens is 1. The molecule has 62 valence electrons. The van der Waals surface area contributed by atoms with Gasteiger partial charge in [0, 0.05) is 12.7 Å². The van der Waals surface area contributed by atoms with Gasteiger partial charge in [0.25, 0.3) is 5.56 Å². The van der Waals surface area contributed by atoms with Gasteiger partial charge in [0.2, 0.25) is 0 Å². The van der Waals surface area contributed by atoms with Gasteiger partial charge in [0.1, 0.15) is 0 Å². The van der Waals surface area contributed by atoms with E-state index < -0.39 is 11.4 Å². The third-order valence-corrected chi connectivity index (χ3v) is 1.15. The summed E-state index contributed by atoms with van der Waals surface area (Å²) in [5.74, 6) is -0.789. The first-order valence-corrected chi connectivity index (χ1v) is 2.81. The lowest BCUT2D eigenvalue weighted by atomic mass is 10.3. The van der Waals surface area contributed by atoms with Crippen LogP contribution in [0.2, 0.25) is 0 Å². The second kappa shape index (κ2) is 4.10. The van der Waals surface area contributed by atoms with E-state index in [9.17, 15) is 9.18 Å². The molecule has 0 atom stereocenters. The highest BCUT2D eigenvalue weighted by atomic mass is 35.5. The van der Waals surface area contributed by atoms with E-state index in [0.29, 0.717) is 5.56 Å². The van der Waals surface area contributed by atoms with Gasteiger partial charge in [-0.3, -0.25) is 4.79 Å². The van der Waals surface area contributed by atoms with Crippen LogP contribution in [0.4, 0.5) is 4.39 Å². The number of rotatable bonds is 1. The first-order chi connectivity index (χ1) is 4.74. The van der Waals surface area contributed by atoms with Gasteiger partial charge < -0.3 is 10.7 Å². The second-order valence-corrected chi connectivity index (χ2v) is 1.89. The van der Waals surface area contributed by atoms with Gasteiger partial charge in [-0.15, -0.1) is 12.4 Å². The number of nitrogens with one attached hydrogen (secondary N) is 1. The summed E-state index contributed by atoms with van der Waals surface area (Å²) in [5, 5.41) is 0. The minimum absolute atomic E-state index is 0. The molecule has 0 amide bonds. The average molecular weight is 179 g/mol. The van der Waals surface area contributed by atoms with Gasteiger partial charge in [-0.1, -0.05) is 0 Å². The number of hydrogen-bond acceptors (Lipinski definition) is 2. The molecule has 3 nitrogen and oxygen atoms in total. The minimum atomic E-state index is -0.789. The van der Waals surface area contributed by atoms with Crippen LogP contribution in [-0.4, -0.2) is 4.98 Å². The fraction of sp³-hybridized carbons (Fsp3) is 0.167. The van der Waals surface area contributed by atoms with Crippen LogP contribution in [0.3, 0.4) is 0 Å². The molecule has 0 radical (unpaired) electrons. The van der Waals surface area contributed by atoms with E-state index in [1.807, 2.05) is 0 Å². The van der Waals surface area contributed by atoms with Gasteiger partial charge in [0.15, 0.2) is 5.82 Å². The number of aromatic nitrogens is 1. The highest BCUT2D eigenvalue weighted by Crippen LogP contribution is 1.93. The predicted octanol–water partition coefficient (Wildman–Crippen LogP) is 0.395. The first-order valence-electron chi connectivity index (χ1n) is 2.81. The van der Waals surface area contributed by atoms with E-state index in [2.05, 4.69) is 4.98 Å². The van der Waals surface area contributed by atoms with Crippen molar-refractivity contribution in [2.45, 2.75) is 6.54 Å². The molecule has 3 N–H and O–H groups in total.